The van der Waals surface area contributed by atoms with Crippen molar-refractivity contribution in [3.63, 3.8) is 0 Å². The largest absolute Gasteiger partial charge is 0.392 e. The van der Waals surface area contributed by atoms with Crippen molar-refractivity contribution in [1.29, 1.82) is 0 Å². The van der Waals surface area contributed by atoms with E-state index in [-0.39, 0.29) is 6.61 Å². The number of rotatable bonds is 1. The first-order valence-corrected chi connectivity index (χ1v) is 4.45. The number of halogens is 3. The number of benzene rings is 1. The molecule has 1 nitrogen and oxygen atoms in total. The summed E-state index contributed by atoms with van der Waals surface area (Å²) < 4.78 is 0.661. The van der Waals surface area contributed by atoms with E-state index in [2.05, 4.69) is 15.9 Å². The van der Waals surface area contributed by atoms with Crippen LogP contribution in [0, 0.1) is 0 Å². The Morgan fingerprint density at radius 2 is 2.00 bits per heavy atom. The summed E-state index contributed by atoms with van der Waals surface area (Å²) in [5.74, 6) is 0. The van der Waals surface area contributed by atoms with Crippen LogP contribution in [0.1, 0.15) is 5.56 Å². The molecule has 0 radical (unpaired) electrons. The average molecular weight is 256 g/mol. The van der Waals surface area contributed by atoms with Crippen molar-refractivity contribution >= 4 is 39.1 Å². The molecule has 0 bridgehead atoms. The summed E-state index contributed by atoms with van der Waals surface area (Å²) in [6, 6.07) is 3.37. The van der Waals surface area contributed by atoms with Gasteiger partial charge >= 0.3 is 0 Å². The summed E-state index contributed by atoms with van der Waals surface area (Å²) in [5.41, 5.74) is 0.736. The fourth-order valence-corrected chi connectivity index (χ4v) is 1.62. The van der Waals surface area contributed by atoms with Gasteiger partial charge in [-0.05, 0) is 27.6 Å². The quantitative estimate of drug-likeness (QED) is 0.764. The molecule has 0 heterocycles. The number of aliphatic hydroxyl groups is 1. The van der Waals surface area contributed by atoms with Gasteiger partial charge in [0.05, 0.1) is 16.7 Å². The van der Waals surface area contributed by atoms with E-state index in [4.69, 9.17) is 28.3 Å². The minimum atomic E-state index is -0.0442. The van der Waals surface area contributed by atoms with Gasteiger partial charge in [-0.2, -0.15) is 0 Å². The predicted octanol–water partition coefficient (Wildman–Crippen LogP) is 3.25. The van der Waals surface area contributed by atoms with Crippen LogP contribution in [0.5, 0.6) is 0 Å². The third-order valence-electron chi connectivity index (χ3n) is 1.29. The molecule has 0 spiro atoms. The molecule has 0 saturated heterocycles. The van der Waals surface area contributed by atoms with E-state index in [0.717, 1.165) is 5.56 Å². The average Bonchev–Trinajstić information content (AvgIpc) is 2.01. The zero-order valence-electron chi connectivity index (χ0n) is 5.44. The van der Waals surface area contributed by atoms with Gasteiger partial charge < -0.3 is 5.11 Å². The normalized spacial score (nSPS) is 10.2. The van der Waals surface area contributed by atoms with Crippen LogP contribution in [-0.4, -0.2) is 5.11 Å². The molecule has 0 aromatic heterocycles. The topological polar surface area (TPSA) is 20.2 Å². The van der Waals surface area contributed by atoms with Gasteiger partial charge in [0.15, 0.2) is 0 Å². The Bertz CT molecular complexity index is 275. The lowest BCUT2D eigenvalue weighted by molar-refractivity contribution is 0.281. The molecule has 0 aliphatic rings. The molecule has 0 aliphatic carbocycles. The highest BCUT2D eigenvalue weighted by molar-refractivity contribution is 9.10. The molecule has 1 aromatic carbocycles. The SMILES string of the molecule is OCc1ccc(Cl)c(Cl)c1Br. The van der Waals surface area contributed by atoms with Gasteiger partial charge in [0.25, 0.3) is 0 Å². The van der Waals surface area contributed by atoms with Crippen LogP contribution >= 0.6 is 39.1 Å². The maximum atomic E-state index is 8.80. The van der Waals surface area contributed by atoms with E-state index in [1.54, 1.807) is 12.1 Å². The first-order valence-electron chi connectivity index (χ1n) is 2.90. The second-order valence-corrected chi connectivity index (χ2v) is 3.57. The molecule has 0 atom stereocenters. The Hall–Kier alpha value is 0.240. The van der Waals surface area contributed by atoms with Crippen LogP contribution in [0.3, 0.4) is 0 Å². The van der Waals surface area contributed by atoms with Gasteiger partial charge in [-0.1, -0.05) is 29.3 Å². The lowest BCUT2D eigenvalue weighted by Crippen LogP contribution is -1.85. The fourth-order valence-electron chi connectivity index (χ4n) is 0.688. The maximum Gasteiger partial charge on any atom is 0.0737 e. The molecule has 11 heavy (non-hydrogen) atoms. The van der Waals surface area contributed by atoms with Crippen molar-refractivity contribution in [3.05, 3.63) is 32.2 Å². The molecular formula is C7H5BrCl2O. The molecule has 1 aromatic rings. The second-order valence-electron chi connectivity index (χ2n) is 1.99. The summed E-state index contributed by atoms with van der Waals surface area (Å²) in [4.78, 5) is 0. The molecule has 4 heteroatoms. The molecule has 0 fully saturated rings. The zero-order chi connectivity index (χ0) is 8.43. The van der Waals surface area contributed by atoms with Gasteiger partial charge in [0.1, 0.15) is 0 Å². The minimum absolute atomic E-state index is 0.0442. The Labute approximate surface area is 83.1 Å². The van der Waals surface area contributed by atoms with Gasteiger partial charge in [0, 0.05) is 4.47 Å². The van der Waals surface area contributed by atoms with Crippen molar-refractivity contribution in [2.24, 2.45) is 0 Å². The first kappa shape index (κ1) is 9.33. The highest BCUT2D eigenvalue weighted by Crippen LogP contribution is 2.32. The summed E-state index contributed by atoms with van der Waals surface area (Å²) >= 11 is 14.7. The third kappa shape index (κ3) is 1.88. The van der Waals surface area contributed by atoms with E-state index >= 15 is 0 Å². The van der Waals surface area contributed by atoms with E-state index in [0.29, 0.717) is 14.5 Å². The molecule has 1 N–H and O–H groups in total. The third-order valence-corrected chi connectivity index (χ3v) is 3.22. The van der Waals surface area contributed by atoms with Crippen LogP contribution in [0.2, 0.25) is 10.0 Å². The number of hydrogen-bond acceptors (Lipinski definition) is 1. The first-order chi connectivity index (χ1) is 5.16. The van der Waals surface area contributed by atoms with Crippen molar-refractivity contribution < 1.29 is 5.11 Å². The highest BCUT2D eigenvalue weighted by atomic mass is 79.9. The van der Waals surface area contributed by atoms with Crippen LogP contribution in [0.15, 0.2) is 16.6 Å². The molecule has 0 saturated carbocycles. The van der Waals surface area contributed by atoms with Crippen molar-refractivity contribution in [3.8, 4) is 0 Å². The van der Waals surface area contributed by atoms with E-state index in [1.165, 1.54) is 0 Å². The summed E-state index contributed by atoms with van der Waals surface area (Å²) in [7, 11) is 0. The number of aliphatic hydroxyl groups excluding tert-OH is 1. The van der Waals surface area contributed by atoms with Crippen LogP contribution in [0.4, 0.5) is 0 Å². The van der Waals surface area contributed by atoms with Crippen molar-refractivity contribution in [2.75, 3.05) is 0 Å². The van der Waals surface area contributed by atoms with Gasteiger partial charge in [-0.15, -0.1) is 0 Å². The van der Waals surface area contributed by atoms with Crippen molar-refractivity contribution in [1.82, 2.24) is 0 Å². The Morgan fingerprint density at radius 1 is 1.36 bits per heavy atom. The van der Waals surface area contributed by atoms with Gasteiger partial charge in [0.2, 0.25) is 0 Å². The zero-order valence-corrected chi connectivity index (χ0v) is 8.54. The van der Waals surface area contributed by atoms with Crippen molar-refractivity contribution in [2.45, 2.75) is 6.61 Å². The monoisotopic (exact) mass is 254 g/mol. The molecule has 0 unspecified atom stereocenters. The van der Waals surface area contributed by atoms with E-state index in [9.17, 15) is 0 Å². The smallest absolute Gasteiger partial charge is 0.0737 e. The lowest BCUT2D eigenvalue weighted by atomic mass is 10.2. The van der Waals surface area contributed by atoms with Crippen LogP contribution in [-0.2, 0) is 6.61 Å². The van der Waals surface area contributed by atoms with E-state index in [1.807, 2.05) is 0 Å². The standard InChI is InChI=1S/C7H5BrCl2O/c8-6-4(3-11)1-2-5(9)7(6)10/h1-2,11H,3H2. The van der Waals surface area contributed by atoms with Crippen LogP contribution in [0.25, 0.3) is 0 Å². The Morgan fingerprint density at radius 3 is 2.55 bits per heavy atom. The summed E-state index contributed by atoms with van der Waals surface area (Å²) in [6.45, 7) is -0.0442. The molecular weight excluding hydrogens is 251 g/mol. The van der Waals surface area contributed by atoms with Gasteiger partial charge in [-0.3, -0.25) is 0 Å². The molecule has 0 aliphatic heterocycles. The fraction of sp³-hybridized carbons (Fsp3) is 0.143. The Kier molecular flexibility index (Phi) is 3.19. The van der Waals surface area contributed by atoms with Gasteiger partial charge in [-0.25, -0.2) is 0 Å². The lowest BCUT2D eigenvalue weighted by Gasteiger charge is -2.03. The van der Waals surface area contributed by atoms with E-state index < -0.39 is 0 Å². The predicted molar refractivity (Wildman–Crippen MR) is 50.1 cm³/mol. The Balaban J connectivity index is 3.25. The second kappa shape index (κ2) is 3.76. The molecule has 1 rings (SSSR count). The van der Waals surface area contributed by atoms with Crippen LogP contribution < -0.4 is 0 Å². The highest BCUT2D eigenvalue weighted by Gasteiger charge is 2.06. The maximum absolute atomic E-state index is 8.80. The minimum Gasteiger partial charge on any atom is -0.392 e. The summed E-state index contributed by atoms with van der Waals surface area (Å²) in [5, 5.41) is 9.73. The molecule has 60 valence electrons. The summed E-state index contributed by atoms with van der Waals surface area (Å²) in [6.07, 6.45) is 0. The molecule has 0 amide bonds. The number of hydrogen-bond donors (Lipinski definition) is 1.